The number of nitro groups is 1. The van der Waals surface area contributed by atoms with Crippen molar-refractivity contribution in [2.75, 3.05) is 67.5 Å². The van der Waals surface area contributed by atoms with Gasteiger partial charge in [-0.3, -0.25) is 24.7 Å². The molecule has 7 rings (SSSR count). The maximum atomic E-state index is 13.7. The molecule has 1 atom stereocenters. The minimum atomic E-state index is -4.28. The molecule has 2 aromatic heterocycles. The number of nitrogens with zero attached hydrogens (tertiary/aromatic N) is 7. The SMILES string of the molecule is CN(C)CC[C@H](CSc1ccccc1)Nc1ccc(S(=O)(=O)Nc2ncnc3cc(N4CCN(Cc5cccnc5-c5ccc(F)cc5)CC4)ccc23)cc1[N+](=O)[O-]. The fraction of sp³-hybridized carbons (Fsp3) is 0.262. The minimum absolute atomic E-state index is 0.0707. The Morgan fingerprint density at radius 3 is 2.43 bits per heavy atom. The lowest BCUT2D eigenvalue weighted by Crippen LogP contribution is -2.46. The molecule has 1 aliphatic rings. The third-order valence-electron chi connectivity index (χ3n) is 9.95. The maximum absolute atomic E-state index is 13.7. The van der Waals surface area contributed by atoms with E-state index < -0.39 is 14.9 Å². The Kier molecular flexibility index (Phi) is 12.8. The van der Waals surface area contributed by atoms with Gasteiger partial charge in [-0.15, -0.1) is 11.8 Å². The lowest BCUT2D eigenvalue weighted by Gasteiger charge is -2.36. The molecular weight excluding hydrogens is 778 g/mol. The van der Waals surface area contributed by atoms with Gasteiger partial charge >= 0.3 is 0 Å². The van der Waals surface area contributed by atoms with Crippen molar-refractivity contribution in [3.05, 3.63) is 137 Å². The molecule has 4 aromatic carbocycles. The van der Waals surface area contributed by atoms with Crippen molar-refractivity contribution >= 4 is 55.6 Å². The van der Waals surface area contributed by atoms with Crippen LogP contribution in [0.1, 0.15) is 12.0 Å². The third-order valence-corrected chi connectivity index (χ3v) is 12.5. The van der Waals surface area contributed by atoms with Crippen LogP contribution in [0.4, 0.5) is 27.3 Å². The second kappa shape index (κ2) is 18.3. The number of nitro benzene ring substituents is 1. The van der Waals surface area contributed by atoms with Gasteiger partial charge in [-0.25, -0.2) is 22.8 Å². The number of nitrogens with one attached hydrogen (secondary N) is 2. The summed E-state index contributed by atoms with van der Waals surface area (Å²) in [7, 11) is -0.339. The molecule has 6 aromatic rings. The van der Waals surface area contributed by atoms with E-state index >= 15 is 0 Å². The molecule has 0 unspecified atom stereocenters. The van der Waals surface area contributed by atoms with Crippen LogP contribution in [0.3, 0.4) is 0 Å². The molecule has 0 aliphatic carbocycles. The highest BCUT2D eigenvalue weighted by atomic mass is 32.2. The van der Waals surface area contributed by atoms with E-state index in [1.807, 2.05) is 62.6 Å². The number of hydrogen-bond acceptors (Lipinski definition) is 12. The molecule has 0 spiro atoms. The van der Waals surface area contributed by atoms with Crippen molar-refractivity contribution in [3.63, 3.8) is 0 Å². The third kappa shape index (κ3) is 10.1. The minimum Gasteiger partial charge on any atom is -0.376 e. The van der Waals surface area contributed by atoms with Crippen LogP contribution >= 0.6 is 11.8 Å². The van der Waals surface area contributed by atoms with Gasteiger partial charge in [0.2, 0.25) is 0 Å². The molecule has 2 N–H and O–H groups in total. The summed E-state index contributed by atoms with van der Waals surface area (Å²) in [5.74, 6) is 0.441. The lowest BCUT2D eigenvalue weighted by atomic mass is 10.0. The first-order chi connectivity index (χ1) is 28.0. The van der Waals surface area contributed by atoms with Crippen LogP contribution in [0.25, 0.3) is 22.2 Å². The molecule has 1 saturated heterocycles. The van der Waals surface area contributed by atoms with Gasteiger partial charge < -0.3 is 15.1 Å². The van der Waals surface area contributed by atoms with E-state index in [2.05, 4.69) is 45.8 Å². The monoisotopic (exact) mass is 821 g/mol. The number of anilines is 3. The largest absolute Gasteiger partial charge is 0.376 e. The molecule has 13 nitrogen and oxygen atoms in total. The number of fused-ring (bicyclic) bond motifs is 1. The van der Waals surface area contributed by atoms with Crippen LogP contribution in [0.15, 0.2) is 125 Å². The Balaban J connectivity index is 1.02. The van der Waals surface area contributed by atoms with Gasteiger partial charge in [0.1, 0.15) is 17.8 Å². The molecule has 300 valence electrons. The summed E-state index contributed by atoms with van der Waals surface area (Å²) in [5.41, 5.74) is 4.18. The molecule has 0 saturated carbocycles. The standard InChI is InChI=1S/C42H44FN9O4S2/c1-49(2)20-18-33(28-57-35-8-4-3-5-9-35)47-38-17-15-36(26-40(38)52(53)54)58(55,56)48-42-37-16-14-34(25-39(37)45-29-46-42)51-23-21-50(22-24-51)27-31-7-6-19-44-41(31)30-10-12-32(43)13-11-30/h3-17,19,25-26,29,33,47H,18,20-24,27-28H2,1-2H3,(H,45,46,48)/t33-/m1/s1. The second-order valence-electron chi connectivity index (χ2n) is 14.3. The molecule has 1 aliphatic heterocycles. The topological polar surface area (TPSA) is 150 Å². The van der Waals surface area contributed by atoms with Crippen LogP contribution in [0.5, 0.6) is 0 Å². The summed E-state index contributed by atoms with van der Waals surface area (Å²) in [5, 5.41) is 16.1. The van der Waals surface area contributed by atoms with E-state index in [4.69, 9.17) is 0 Å². The number of benzene rings is 4. The molecular formula is C42H44FN9O4S2. The van der Waals surface area contributed by atoms with E-state index in [0.717, 1.165) is 72.6 Å². The van der Waals surface area contributed by atoms with Crippen molar-refractivity contribution in [1.29, 1.82) is 0 Å². The van der Waals surface area contributed by atoms with Crippen LogP contribution in [-0.2, 0) is 16.6 Å². The van der Waals surface area contributed by atoms with Gasteiger partial charge in [0, 0.05) is 78.3 Å². The van der Waals surface area contributed by atoms with Gasteiger partial charge in [0.15, 0.2) is 5.82 Å². The molecule has 16 heteroatoms. The molecule has 58 heavy (non-hydrogen) atoms. The van der Waals surface area contributed by atoms with Gasteiger partial charge in [0.05, 0.1) is 21.0 Å². The number of piperazine rings is 1. The fourth-order valence-electron chi connectivity index (χ4n) is 6.84. The number of aromatic nitrogens is 3. The molecule has 3 heterocycles. The van der Waals surface area contributed by atoms with E-state index in [1.165, 1.54) is 30.6 Å². The van der Waals surface area contributed by atoms with Gasteiger partial charge in [0.25, 0.3) is 15.7 Å². The molecule has 1 fully saturated rings. The van der Waals surface area contributed by atoms with Crippen LogP contribution in [0.2, 0.25) is 0 Å². The van der Waals surface area contributed by atoms with Crippen molar-refractivity contribution in [2.45, 2.75) is 28.8 Å². The summed E-state index contributed by atoms with van der Waals surface area (Å²) >= 11 is 1.65. The number of rotatable bonds is 16. The Morgan fingerprint density at radius 2 is 1.69 bits per heavy atom. The van der Waals surface area contributed by atoms with E-state index in [-0.39, 0.29) is 33.9 Å². The average molecular weight is 822 g/mol. The summed E-state index contributed by atoms with van der Waals surface area (Å²) in [4.78, 5) is 32.5. The lowest BCUT2D eigenvalue weighted by molar-refractivity contribution is -0.384. The summed E-state index contributed by atoms with van der Waals surface area (Å²) in [6.45, 7) is 4.58. The summed E-state index contributed by atoms with van der Waals surface area (Å²) < 4.78 is 43.6. The smallest absolute Gasteiger partial charge is 0.293 e. The van der Waals surface area contributed by atoms with Gasteiger partial charge in [-0.2, -0.15) is 0 Å². The Hall–Kier alpha value is -5.68. The Labute approximate surface area is 341 Å². The van der Waals surface area contributed by atoms with E-state index in [0.29, 0.717) is 23.2 Å². The summed E-state index contributed by atoms with van der Waals surface area (Å²) in [6.07, 6.45) is 3.76. The van der Waals surface area contributed by atoms with Crippen molar-refractivity contribution in [1.82, 2.24) is 24.8 Å². The second-order valence-corrected chi connectivity index (χ2v) is 17.1. The Bertz CT molecular complexity index is 2470. The van der Waals surface area contributed by atoms with Crippen molar-refractivity contribution < 1.29 is 17.7 Å². The number of hydrogen-bond donors (Lipinski definition) is 2. The summed E-state index contributed by atoms with van der Waals surface area (Å²) in [6, 6.07) is 29.7. The highest BCUT2D eigenvalue weighted by molar-refractivity contribution is 7.99. The highest BCUT2D eigenvalue weighted by Gasteiger charge is 2.25. The first-order valence-corrected chi connectivity index (χ1v) is 21.3. The van der Waals surface area contributed by atoms with Gasteiger partial charge in [-0.05, 0) is 105 Å². The predicted molar refractivity (Wildman–Crippen MR) is 228 cm³/mol. The van der Waals surface area contributed by atoms with Crippen LogP contribution < -0.4 is 14.9 Å². The predicted octanol–water partition coefficient (Wildman–Crippen LogP) is 7.39. The zero-order chi connectivity index (χ0) is 40.6. The van der Waals surface area contributed by atoms with Crippen LogP contribution in [0, 0.1) is 15.9 Å². The zero-order valence-electron chi connectivity index (χ0n) is 32.2. The molecule has 0 radical (unpaired) electrons. The van der Waals surface area contributed by atoms with Crippen molar-refractivity contribution in [3.8, 4) is 11.3 Å². The average Bonchev–Trinajstić information content (AvgIpc) is 3.23. The van der Waals surface area contributed by atoms with Crippen LogP contribution in [-0.4, -0.2) is 96.7 Å². The number of thioether (sulfide) groups is 1. The number of halogens is 1. The van der Waals surface area contributed by atoms with E-state index in [9.17, 15) is 22.9 Å². The van der Waals surface area contributed by atoms with Gasteiger partial charge in [-0.1, -0.05) is 24.3 Å². The maximum Gasteiger partial charge on any atom is 0.293 e. The fourth-order valence-corrected chi connectivity index (χ4v) is 8.89. The normalized spacial score (nSPS) is 14.1. The Morgan fingerprint density at radius 1 is 0.914 bits per heavy atom. The number of pyridine rings is 1. The van der Waals surface area contributed by atoms with E-state index in [1.54, 1.807) is 36.2 Å². The zero-order valence-corrected chi connectivity index (χ0v) is 33.8. The quantitative estimate of drug-likeness (QED) is 0.0570. The highest BCUT2D eigenvalue weighted by Crippen LogP contribution is 2.32. The molecule has 0 amide bonds. The first-order valence-electron chi connectivity index (χ1n) is 18.8. The van der Waals surface area contributed by atoms with Crippen molar-refractivity contribution in [2.24, 2.45) is 0 Å². The number of sulfonamides is 1. The first kappa shape index (κ1) is 40.5. The molecule has 0 bridgehead atoms.